The number of nitrogens with zero attached hydrogens (tertiary/aromatic N) is 6. The summed E-state index contributed by atoms with van der Waals surface area (Å²) in [5.41, 5.74) is 1.11. The van der Waals surface area contributed by atoms with Gasteiger partial charge in [-0.3, -0.25) is 9.20 Å². The molecule has 3 aromatic heterocycles. The average Bonchev–Trinajstić information content (AvgIpc) is 3.07. The zero-order chi connectivity index (χ0) is 20.4. The van der Waals surface area contributed by atoms with E-state index in [0.717, 1.165) is 31.1 Å². The molecule has 1 fully saturated rings. The highest BCUT2D eigenvalue weighted by atomic mass is 16.5. The molecule has 1 aliphatic rings. The molecule has 29 heavy (non-hydrogen) atoms. The first-order chi connectivity index (χ1) is 14.0. The van der Waals surface area contributed by atoms with Crippen molar-refractivity contribution >= 4 is 23.3 Å². The van der Waals surface area contributed by atoms with Gasteiger partial charge in [0.25, 0.3) is 5.91 Å². The lowest BCUT2D eigenvalue weighted by molar-refractivity contribution is 0.102. The van der Waals surface area contributed by atoms with E-state index in [9.17, 15) is 4.79 Å². The molecule has 1 aliphatic heterocycles. The molecule has 10 nitrogen and oxygen atoms in total. The van der Waals surface area contributed by atoms with Gasteiger partial charge in [-0.2, -0.15) is 4.98 Å². The van der Waals surface area contributed by atoms with Crippen LogP contribution in [0, 0.1) is 6.92 Å². The third-order valence-electron chi connectivity index (χ3n) is 4.63. The van der Waals surface area contributed by atoms with Gasteiger partial charge in [0, 0.05) is 38.1 Å². The van der Waals surface area contributed by atoms with Crippen LogP contribution in [0.5, 0.6) is 5.88 Å². The Morgan fingerprint density at radius 3 is 2.90 bits per heavy atom. The predicted octanol–water partition coefficient (Wildman–Crippen LogP) is 1.28. The van der Waals surface area contributed by atoms with Crippen molar-refractivity contribution < 1.29 is 9.53 Å². The van der Waals surface area contributed by atoms with Crippen molar-refractivity contribution in [2.45, 2.75) is 26.8 Å². The Hall–Kier alpha value is -3.27. The van der Waals surface area contributed by atoms with Crippen molar-refractivity contribution in [2.75, 3.05) is 36.5 Å². The number of aromatic nitrogens is 5. The van der Waals surface area contributed by atoms with Crippen LogP contribution in [-0.4, -0.2) is 62.5 Å². The summed E-state index contributed by atoms with van der Waals surface area (Å²) in [6.07, 6.45) is 6.70. The first kappa shape index (κ1) is 19.1. The number of amides is 1. The molecular formula is C19H24N8O2. The fraction of sp³-hybridized carbons (Fsp3) is 0.421. The van der Waals surface area contributed by atoms with E-state index in [2.05, 4.69) is 42.4 Å². The molecule has 2 N–H and O–H groups in total. The Labute approximate surface area is 168 Å². The lowest BCUT2D eigenvalue weighted by atomic mass is 10.2. The Balaban J connectivity index is 1.53. The number of aryl methyl sites for hydroxylation is 1. The largest absolute Gasteiger partial charge is 0.477 e. The number of ether oxygens (including phenoxy) is 1. The zero-order valence-corrected chi connectivity index (χ0v) is 16.7. The molecule has 4 rings (SSSR count). The highest BCUT2D eigenvalue weighted by Crippen LogP contribution is 2.19. The summed E-state index contributed by atoms with van der Waals surface area (Å²) in [5.74, 6) is 1.51. The number of anilines is 2. The third kappa shape index (κ3) is 4.11. The second-order valence-electron chi connectivity index (χ2n) is 7.00. The van der Waals surface area contributed by atoms with Gasteiger partial charge in [0.05, 0.1) is 24.7 Å². The van der Waals surface area contributed by atoms with E-state index < -0.39 is 0 Å². The Morgan fingerprint density at radius 2 is 2.17 bits per heavy atom. The van der Waals surface area contributed by atoms with Crippen LogP contribution in [0.15, 0.2) is 24.8 Å². The van der Waals surface area contributed by atoms with Gasteiger partial charge in [-0.15, -0.1) is 0 Å². The molecule has 152 valence electrons. The monoisotopic (exact) mass is 396 g/mol. The molecule has 0 unspecified atom stereocenters. The summed E-state index contributed by atoms with van der Waals surface area (Å²) in [7, 11) is 0. The molecule has 0 bridgehead atoms. The number of rotatable bonds is 5. The molecule has 1 atom stereocenters. The lowest BCUT2D eigenvalue weighted by Gasteiger charge is -2.32. The molecule has 0 radical (unpaired) electrons. The van der Waals surface area contributed by atoms with Crippen molar-refractivity contribution in [3.63, 3.8) is 0 Å². The first-order valence-electron chi connectivity index (χ1n) is 9.64. The fourth-order valence-corrected chi connectivity index (χ4v) is 3.30. The van der Waals surface area contributed by atoms with E-state index in [4.69, 9.17) is 4.74 Å². The number of fused-ring (bicyclic) bond motifs is 1. The van der Waals surface area contributed by atoms with Crippen LogP contribution in [-0.2, 0) is 0 Å². The molecule has 0 aromatic carbocycles. The molecule has 3 aromatic rings. The maximum atomic E-state index is 12.8. The number of piperazine rings is 1. The van der Waals surface area contributed by atoms with E-state index in [1.165, 1.54) is 0 Å². The van der Waals surface area contributed by atoms with Gasteiger partial charge in [0.15, 0.2) is 5.82 Å². The molecular weight excluding hydrogens is 372 g/mol. The summed E-state index contributed by atoms with van der Waals surface area (Å²) < 4.78 is 7.25. The molecule has 10 heteroatoms. The summed E-state index contributed by atoms with van der Waals surface area (Å²) in [5, 5.41) is 6.17. The second-order valence-corrected chi connectivity index (χ2v) is 7.00. The van der Waals surface area contributed by atoms with Crippen LogP contribution in [0.3, 0.4) is 0 Å². The number of imidazole rings is 1. The van der Waals surface area contributed by atoms with Gasteiger partial charge in [0.1, 0.15) is 11.4 Å². The number of hydrogen-bond acceptors (Lipinski definition) is 8. The number of carbonyl (C=O) groups is 1. The number of carbonyl (C=O) groups excluding carboxylic acids is 1. The molecule has 0 aliphatic carbocycles. The van der Waals surface area contributed by atoms with Gasteiger partial charge < -0.3 is 20.3 Å². The standard InChI is InChI=1S/C19H24N8O2/c1-4-29-18-14(11-27-10-13(3)23-19(27)25-18)17(28)24-15-7-22-16(8-21-15)26-6-5-20-12(2)9-26/h7-8,10-12,20H,4-6,9H2,1-3H3,(H,21,24,28)/t12-/m0/s1. The minimum Gasteiger partial charge on any atom is -0.477 e. The van der Waals surface area contributed by atoms with Crippen LogP contribution in [0.25, 0.3) is 5.78 Å². The molecule has 4 heterocycles. The minimum atomic E-state index is -0.368. The summed E-state index contributed by atoms with van der Waals surface area (Å²) in [6.45, 7) is 8.88. The Kier molecular flexibility index (Phi) is 5.26. The summed E-state index contributed by atoms with van der Waals surface area (Å²) in [4.78, 5) is 32.5. The van der Waals surface area contributed by atoms with Crippen LogP contribution >= 0.6 is 0 Å². The van der Waals surface area contributed by atoms with Crippen molar-refractivity contribution in [3.8, 4) is 5.88 Å². The average molecular weight is 396 g/mol. The smallest absolute Gasteiger partial charge is 0.263 e. The van der Waals surface area contributed by atoms with Gasteiger partial charge in [-0.1, -0.05) is 0 Å². The van der Waals surface area contributed by atoms with Gasteiger partial charge in [-0.05, 0) is 20.8 Å². The van der Waals surface area contributed by atoms with E-state index in [1.54, 1.807) is 29.2 Å². The third-order valence-corrected chi connectivity index (χ3v) is 4.63. The normalized spacial score (nSPS) is 16.8. The van der Waals surface area contributed by atoms with E-state index in [0.29, 0.717) is 29.8 Å². The highest BCUT2D eigenvalue weighted by molar-refractivity contribution is 6.05. The maximum Gasteiger partial charge on any atom is 0.263 e. The fourth-order valence-electron chi connectivity index (χ4n) is 3.30. The van der Waals surface area contributed by atoms with E-state index in [-0.39, 0.29) is 11.8 Å². The number of nitrogens with one attached hydrogen (secondary N) is 2. The van der Waals surface area contributed by atoms with E-state index >= 15 is 0 Å². The number of hydrogen-bond donors (Lipinski definition) is 2. The van der Waals surface area contributed by atoms with Crippen LogP contribution in [0.4, 0.5) is 11.6 Å². The van der Waals surface area contributed by atoms with Crippen molar-refractivity contribution in [3.05, 3.63) is 36.0 Å². The quantitative estimate of drug-likeness (QED) is 0.664. The zero-order valence-electron chi connectivity index (χ0n) is 16.7. The molecule has 1 saturated heterocycles. The second kappa shape index (κ2) is 8.00. The van der Waals surface area contributed by atoms with Crippen molar-refractivity contribution in [1.29, 1.82) is 0 Å². The van der Waals surface area contributed by atoms with Crippen molar-refractivity contribution in [1.82, 2.24) is 29.7 Å². The minimum absolute atomic E-state index is 0.238. The van der Waals surface area contributed by atoms with Crippen LogP contribution in [0.1, 0.15) is 29.9 Å². The Morgan fingerprint density at radius 1 is 1.31 bits per heavy atom. The van der Waals surface area contributed by atoms with Crippen LogP contribution < -0.4 is 20.3 Å². The SMILES string of the molecule is CCOc1nc2nc(C)cn2cc1C(=O)Nc1cnc(N2CCN[C@@H](C)C2)cn1. The maximum absolute atomic E-state index is 12.8. The van der Waals surface area contributed by atoms with Gasteiger partial charge in [0.2, 0.25) is 11.7 Å². The highest BCUT2D eigenvalue weighted by Gasteiger charge is 2.19. The summed E-state index contributed by atoms with van der Waals surface area (Å²) in [6, 6.07) is 0.399. The first-order valence-corrected chi connectivity index (χ1v) is 9.64. The van der Waals surface area contributed by atoms with Crippen LogP contribution in [0.2, 0.25) is 0 Å². The topological polar surface area (TPSA) is 110 Å². The predicted molar refractivity (Wildman–Crippen MR) is 109 cm³/mol. The van der Waals surface area contributed by atoms with Gasteiger partial charge in [-0.25, -0.2) is 15.0 Å². The summed E-state index contributed by atoms with van der Waals surface area (Å²) >= 11 is 0. The van der Waals surface area contributed by atoms with E-state index in [1.807, 2.05) is 13.8 Å². The lowest BCUT2D eigenvalue weighted by Crippen LogP contribution is -2.49. The van der Waals surface area contributed by atoms with Gasteiger partial charge >= 0.3 is 0 Å². The molecule has 0 saturated carbocycles. The Bertz CT molecular complexity index is 1020. The molecule has 1 amide bonds. The molecule has 0 spiro atoms. The van der Waals surface area contributed by atoms with Crippen molar-refractivity contribution in [2.24, 2.45) is 0 Å².